The highest BCUT2D eigenvalue weighted by Crippen LogP contribution is 2.31. The van der Waals surface area contributed by atoms with E-state index in [4.69, 9.17) is 4.98 Å². The van der Waals surface area contributed by atoms with Crippen LogP contribution in [0.25, 0.3) is 22.3 Å². The fourth-order valence-corrected chi connectivity index (χ4v) is 5.99. The molecule has 214 valence electrons. The Morgan fingerprint density at radius 1 is 1.02 bits per heavy atom. The minimum atomic E-state index is -4.38. The third kappa shape index (κ3) is 5.79. The molecule has 1 N–H and O–H groups in total. The topological polar surface area (TPSA) is 66.3 Å². The molecule has 2 aromatic heterocycles. The standard InChI is InChI=1S/C31H33F3N6O/c1-38-16-12-35-29(38)22-8-11-27-25(17-22)26(30(41)40-15-4-5-24(40)20-39-13-2-3-14-39)18-28(37-27)36-19-21-6-9-23(10-7-21)31(32,33)34/h6-12,16-18,24H,2-5,13-15,19-20H2,1H3,(H,36,37)/t24-/m0/s1. The third-order valence-electron chi connectivity index (χ3n) is 8.18. The molecule has 0 radical (unpaired) electrons. The first kappa shape index (κ1) is 27.3. The molecule has 0 bridgehead atoms. The van der Waals surface area contributed by atoms with Crippen LogP contribution in [-0.4, -0.2) is 62.5 Å². The zero-order valence-electron chi connectivity index (χ0n) is 23.0. The van der Waals surface area contributed by atoms with Gasteiger partial charge in [-0.2, -0.15) is 13.2 Å². The molecule has 2 saturated heterocycles. The Balaban J connectivity index is 1.32. The number of rotatable bonds is 7. The van der Waals surface area contributed by atoms with Crippen LogP contribution < -0.4 is 5.32 Å². The minimum absolute atomic E-state index is 0.0198. The van der Waals surface area contributed by atoms with Crippen LogP contribution in [0.1, 0.15) is 47.2 Å². The van der Waals surface area contributed by atoms with E-state index in [1.165, 1.54) is 25.0 Å². The van der Waals surface area contributed by atoms with Crippen molar-refractivity contribution in [3.05, 3.63) is 77.6 Å². The summed E-state index contributed by atoms with van der Waals surface area (Å²) in [5.74, 6) is 1.28. The van der Waals surface area contributed by atoms with E-state index in [1.54, 1.807) is 12.3 Å². The molecule has 41 heavy (non-hydrogen) atoms. The zero-order valence-corrected chi connectivity index (χ0v) is 23.0. The number of amides is 1. The lowest BCUT2D eigenvalue weighted by molar-refractivity contribution is -0.137. The van der Waals surface area contributed by atoms with Gasteiger partial charge in [-0.15, -0.1) is 0 Å². The Morgan fingerprint density at radius 3 is 2.51 bits per heavy atom. The summed E-state index contributed by atoms with van der Waals surface area (Å²) in [6, 6.07) is 12.8. The number of hydrogen-bond donors (Lipinski definition) is 1. The van der Waals surface area contributed by atoms with Crippen LogP contribution in [-0.2, 0) is 19.8 Å². The highest BCUT2D eigenvalue weighted by Gasteiger charge is 2.33. The van der Waals surface area contributed by atoms with E-state index >= 15 is 0 Å². The molecule has 0 saturated carbocycles. The van der Waals surface area contributed by atoms with Crippen molar-refractivity contribution in [1.82, 2.24) is 24.3 Å². The van der Waals surface area contributed by atoms with Crippen LogP contribution in [0.15, 0.2) is 60.9 Å². The van der Waals surface area contributed by atoms with Gasteiger partial charge in [-0.1, -0.05) is 12.1 Å². The highest BCUT2D eigenvalue weighted by molar-refractivity contribution is 6.08. The van der Waals surface area contributed by atoms with Crippen molar-refractivity contribution in [3.63, 3.8) is 0 Å². The summed E-state index contributed by atoms with van der Waals surface area (Å²) in [5.41, 5.74) is 2.12. The van der Waals surface area contributed by atoms with Gasteiger partial charge in [0.05, 0.1) is 16.6 Å². The van der Waals surface area contributed by atoms with Gasteiger partial charge < -0.3 is 19.7 Å². The first-order valence-electron chi connectivity index (χ1n) is 14.1. The summed E-state index contributed by atoms with van der Waals surface area (Å²) >= 11 is 0. The van der Waals surface area contributed by atoms with Crippen molar-refractivity contribution in [2.45, 2.75) is 44.4 Å². The number of fused-ring (bicyclic) bond motifs is 1. The average Bonchev–Trinajstić information content (AvgIpc) is 3.74. The second kappa shape index (κ2) is 11.2. The Labute approximate surface area is 237 Å². The molecule has 10 heteroatoms. The molecule has 0 aliphatic carbocycles. The van der Waals surface area contributed by atoms with E-state index in [-0.39, 0.29) is 18.5 Å². The number of likely N-dealkylation sites (tertiary alicyclic amines) is 2. The highest BCUT2D eigenvalue weighted by atomic mass is 19.4. The number of alkyl halides is 3. The van der Waals surface area contributed by atoms with E-state index in [9.17, 15) is 18.0 Å². The number of nitrogens with one attached hydrogen (secondary N) is 1. The normalized spacial score (nSPS) is 18.0. The number of nitrogens with zero attached hydrogens (tertiary/aromatic N) is 5. The Bertz CT molecular complexity index is 1540. The van der Waals surface area contributed by atoms with Gasteiger partial charge >= 0.3 is 6.18 Å². The predicted molar refractivity (Wildman–Crippen MR) is 152 cm³/mol. The number of halogens is 3. The van der Waals surface area contributed by atoms with E-state index in [2.05, 4.69) is 15.2 Å². The Morgan fingerprint density at radius 2 is 1.80 bits per heavy atom. The molecule has 2 aliphatic heterocycles. The number of carbonyl (C=O) groups excluding carboxylic acids is 1. The summed E-state index contributed by atoms with van der Waals surface area (Å²) in [6.45, 7) is 4.06. The monoisotopic (exact) mass is 562 g/mol. The maximum absolute atomic E-state index is 14.2. The van der Waals surface area contributed by atoms with E-state index < -0.39 is 11.7 Å². The first-order valence-corrected chi connectivity index (χ1v) is 14.1. The summed E-state index contributed by atoms with van der Waals surface area (Å²) in [4.78, 5) is 27.9. The number of hydrogen-bond acceptors (Lipinski definition) is 5. The molecule has 0 unspecified atom stereocenters. The van der Waals surface area contributed by atoms with Crippen molar-refractivity contribution >= 4 is 22.6 Å². The second-order valence-corrected chi connectivity index (χ2v) is 11.0. The van der Waals surface area contributed by atoms with Crippen molar-refractivity contribution in [2.75, 3.05) is 31.5 Å². The van der Waals surface area contributed by atoms with Gasteiger partial charge in [0.25, 0.3) is 5.91 Å². The van der Waals surface area contributed by atoms with Gasteiger partial charge in [-0.05, 0) is 80.7 Å². The molecule has 2 aliphatic rings. The summed E-state index contributed by atoms with van der Waals surface area (Å²) in [7, 11) is 1.93. The molecule has 0 spiro atoms. The van der Waals surface area contributed by atoms with Crippen molar-refractivity contribution in [3.8, 4) is 11.4 Å². The molecule has 4 aromatic rings. The van der Waals surface area contributed by atoms with Crippen molar-refractivity contribution in [1.29, 1.82) is 0 Å². The number of aryl methyl sites for hydroxylation is 1. The summed E-state index contributed by atoms with van der Waals surface area (Å²) < 4.78 is 40.9. The summed E-state index contributed by atoms with van der Waals surface area (Å²) in [6.07, 6.45) is 3.63. The maximum Gasteiger partial charge on any atom is 0.416 e. The van der Waals surface area contributed by atoms with Gasteiger partial charge in [0.15, 0.2) is 0 Å². The molecular weight excluding hydrogens is 529 g/mol. The molecule has 1 atom stereocenters. The molecule has 6 rings (SSSR count). The number of benzene rings is 2. The van der Waals surface area contributed by atoms with E-state index in [0.717, 1.165) is 61.4 Å². The second-order valence-electron chi connectivity index (χ2n) is 11.0. The maximum atomic E-state index is 14.2. The molecular formula is C31H33F3N6O. The summed E-state index contributed by atoms with van der Waals surface area (Å²) in [5, 5.41) is 3.98. The molecule has 2 aromatic carbocycles. The van der Waals surface area contributed by atoms with Crippen molar-refractivity contribution < 1.29 is 18.0 Å². The zero-order chi connectivity index (χ0) is 28.6. The number of anilines is 1. The lowest BCUT2D eigenvalue weighted by Gasteiger charge is -2.29. The number of pyridine rings is 1. The van der Waals surface area contributed by atoms with Gasteiger partial charge in [0, 0.05) is 56.1 Å². The fourth-order valence-electron chi connectivity index (χ4n) is 5.99. The number of carbonyl (C=O) groups is 1. The van der Waals surface area contributed by atoms with Crippen LogP contribution >= 0.6 is 0 Å². The van der Waals surface area contributed by atoms with Gasteiger partial charge in [-0.25, -0.2) is 9.97 Å². The Hall–Kier alpha value is -3.92. The van der Waals surface area contributed by atoms with Gasteiger partial charge in [0.2, 0.25) is 0 Å². The minimum Gasteiger partial charge on any atom is -0.366 e. The van der Waals surface area contributed by atoms with Gasteiger partial charge in [-0.3, -0.25) is 4.79 Å². The lowest BCUT2D eigenvalue weighted by Crippen LogP contribution is -2.42. The number of imidazole rings is 1. The molecule has 2 fully saturated rings. The fraction of sp³-hybridized carbons (Fsp3) is 0.387. The van der Waals surface area contributed by atoms with Gasteiger partial charge in [0.1, 0.15) is 11.6 Å². The van der Waals surface area contributed by atoms with E-state index in [0.29, 0.717) is 29.0 Å². The lowest BCUT2D eigenvalue weighted by atomic mass is 10.0. The van der Waals surface area contributed by atoms with E-state index in [1.807, 2.05) is 40.9 Å². The Kier molecular flexibility index (Phi) is 7.42. The smallest absolute Gasteiger partial charge is 0.366 e. The largest absolute Gasteiger partial charge is 0.416 e. The molecule has 1 amide bonds. The first-order chi connectivity index (χ1) is 19.8. The van der Waals surface area contributed by atoms with Crippen LogP contribution in [0.5, 0.6) is 0 Å². The SMILES string of the molecule is Cn1ccnc1-c1ccc2nc(NCc3ccc(C(F)(F)F)cc3)cc(C(=O)N3CCC[C@H]3CN3CCCC3)c2c1. The van der Waals surface area contributed by atoms with Crippen LogP contribution in [0.4, 0.5) is 19.0 Å². The third-order valence-corrected chi connectivity index (χ3v) is 8.18. The van der Waals surface area contributed by atoms with Crippen molar-refractivity contribution in [2.24, 2.45) is 7.05 Å². The molecule has 4 heterocycles. The quantitative estimate of drug-likeness (QED) is 0.301. The average molecular weight is 563 g/mol. The van der Waals surface area contributed by atoms with Crippen LogP contribution in [0.2, 0.25) is 0 Å². The molecule has 7 nitrogen and oxygen atoms in total. The van der Waals surface area contributed by atoms with Crippen LogP contribution in [0, 0.1) is 0 Å². The number of aromatic nitrogens is 3. The van der Waals surface area contributed by atoms with Crippen LogP contribution in [0.3, 0.4) is 0 Å². The predicted octanol–water partition coefficient (Wildman–Crippen LogP) is 5.97.